The van der Waals surface area contributed by atoms with Crippen LogP contribution >= 0.6 is 23.2 Å². The molecule has 2 amide bonds. The first-order chi connectivity index (χ1) is 16.1. The lowest BCUT2D eigenvalue weighted by Crippen LogP contribution is -2.44. The molecule has 2 aliphatic rings. The summed E-state index contributed by atoms with van der Waals surface area (Å²) in [6, 6.07) is 5.02. The highest BCUT2D eigenvalue weighted by Crippen LogP contribution is 2.32. The van der Waals surface area contributed by atoms with Gasteiger partial charge in [0.05, 0.1) is 0 Å². The number of benzene rings is 1. The molecule has 2 heterocycles. The molecule has 2 atom stereocenters. The third-order valence-electron chi connectivity index (χ3n) is 6.35. The zero-order valence-electron chi connectivity index (χ0n) is 20.5. The lowest BCUT2D eigenvalue weighted by Gasteiger charge is -2.44. The molecular weight excluding hydrogens is 515 g/mol. The van der Waals surface area contributed by atoms with Crippen LogP contribution in [0, 0.1) is 11.8 Å². The Hall–Kier alpha value is -2.14. The van der Waals surface area contributed by atoms with Gasteiger partial charge in [0, 0.05) is 79.5 Å². The number of rotatable bonds is 6. The second-order valence-electron chi connectivity index (χ2n) is 9.65. The van der Waals surface area contributed by atoms with E-state index >= 15 is 0 Å². The summed E-state index contributed by atoms with van der Waals surface area (Å²) in [5, 5.41) is 0.960. The maximum absolute atomic E-state index is 12.9. The van der Waals surface area contributed by atoms with E-state index in [-0.39, 0.29) is 24.3 Å². The predicted octanol–water partition coefficient (Wildman–Crippen LogP) is 3.74. The molecule has 0 radical (unpaired) electrons. The molecule has 2 fully saturated rings. The minimum absolute atomic E-state index is 0.0788. The van der Waals surface area contributed by atoms with Gasteiger partial charge >= 0.3 is 6.09 Å². The van der Waals surface area contributed by atoms with E-state index in [1.54, 1.807) is 41.8 Å². The summed E-state index contributed by atoms with van der Waals surface area (Å²) in [4.78, 5) is 33.0. The van der Waals surface area contributed by atoms with E-state index in [0.717, 1.165) is 0 Å². The Labute approximate surface area is 216 Å². The first-order valence-electron chi connectivity index (χ1n) is 11.1. The van der Waals surface area contributed by atoms with Crippen molar-refractivity contribution in [2.75, 3.05) is 45.7 Å². The molecular formula is C23H32Cl2N4O5S. The summed E-state index contributed by atoms with van der Waals surface area (Å²) in [6.07, 6.45) is 3.53. The Morgan fingerprint density at radius 2 is 1.63 bits per heavy atom. The molecule has 35 heavy (non-hydrogen) atoms. The molecule has 0 aromatic heterocycles. The zero-order chi connectivity index (χ0) is 26.2. The Kier molecular flexibility index (Phi) is 7.91. The van der Waals surface area contributed by atoms with Crippen LogP contribution in [0.5, 0.6) is 0 Å². The van der Waals surface area contributed by atoms with E-state index in [2.05, 4.69) is 4.99 Å². The Morgan fingerprint density at radius 1 is 1.11 bits per heavy atom. The van der Waals surface area contributed by atoms with Crippen molar-refractivity contribution in [3.63, 3.8) is 0 Å². The molecule has 0 spiro atoms. The lowest BCUT2D eigenvalue weighted by molar-refractivity contribution is -0.123. The highest BCUT2D eigenvalue weighted by atomic mass is 35.5. The number of hydrogen-bond acceptors (Lipinski definition) is 5. The topological polar surface area (TPSA) is 103 Å². The van der Waals surface area contributed by atoms with Gasteiger partial charge in [0.1, 0.15) is 12.3 Å². The number of carbonyl (C=O) groups is 2. The molecule has 1 aromatic rings. The molecule has 3 rings (SSSR count). The van der Waals surface area contributed by atoms with Crippen LogP contribution in [0.4, 0.5) is 4.79 Å². The van der Waals surface area contributed by atoms with Crippen LogP contribution in [0.15, 0.2) is 35.1 Å². The van der Waals surface area contributed by atoms with Gasteiger partial charge in [-0.1, -0.05) is 23.2 Å². The Bertz CT molecular complexity index is 1100. The van der Waals surface area contributed by atoms with Crippen molar-refractivity contribution in [3.8, 4) is 0 Å². The fourth-order valence-corrected chi connectivity index (χ4v) is 5.65. The van der Waals surface area contributed by atoms with Gasteiger partial charge in [-0.05, 0) is 37.6 Å². The van der Waals surface area contributed by atoms with Crippen molar-refractivity contribution in [2.24, 2.45) is 16.8 Å². The second-order valence-corrected chi connectivity index (χ2v) is 14.5. The summed E-state index contributed by atoms with van der Waals surface area (Å²) >= 11 is 12.0. The molecule has 194 valence electrons. The first kappa shape index (κ1) is 27.4. The third kappa shape index (κ3) is 6.97. The number of allylic oxidation sites excluding steroid dienone is 1. The second kappa shape index (κ2) is 10.1. The van der Waals surface area contributed by atoms with Crippen molar-refractivity contribution in [2.45, 2.75) is 20.5 Å². The Morgan fingerprint density at radius 3 is 2.14 bits per heavy atom. The average Bonchev–Trinajstić information content (AvgIpc) is 3.32. The van der Waals surface area contributed by atoms with Crippen LogP contribution in [0.2, 0.25) is 10.0 Å². The maximum atomic E-state index is 12.9. The standard InChI is InChI=1S/C23H32Cl2N4O5S/c1-15(27(3)35(4,5,32)33)9-26-16(2)22(30)28-10-18-12-29(13-19(18)11-28)23(31)34-14-17-6-20(24)8-21(25)7-17/h6-9,18-19H,10-14H2,1-5H3,(H,32,33)/b15-9+,26-16?/t18-,19+. The fraction of sp³-hybridized carbons (Fsp3) is 0.522. The highest BCUT2D eigenvalue weighted by molar-refractivity contribution is 8.11. The smallest absolute Gasteiger partial charge is 0.410 e. The fourth-order valence-electron chi connectivity index (χ4n) is 4.21. The van der Waals surface area contributed by atoms with Gasteiger partial charge in [-0.25, -0.2) is 4.79 Å². The molecule has 0 bridgehead atoms. The molecule has 0 aliphatic carbocycles. The Balaban J connectivity index is 1.52. The normalized spacial score (nSPS) is 22.0. The van der Waals surface area contributed by atoms with Crippen LogP contribution in [0.25, 0.3) is 0 Å². The number of fused-ring (bicyclic) bond motifs is 1. The molecule has 9 nitrogen and oxygen atoms in total. The van der Waals surface area contributed by atoms with E-state index in [1.165, 1.54) is 30.1 Å². The zero-order valence-corrected chi connectivity index (χ0v) is 22.9. The number of ether oxygens (including phenoxy) is 1. The van der Waals surface area contributed by atoms with Gasteiger partial charge < -0.3 is 14.5 Å². The SMILES string of the molecule is CC(=N/C=C(\C)N(C)S(C)(C)(=O)O)C(=O)N1C[C@H]2CN(C(=O)OCc3cc(Cl)cc(Cl)c3)C[C@H]2C1. The van der Waals surface area contributed by atoms with E-state index in [4.69, 9.17) is 27.9 Å². The quantitative estimate of drug-likeness (QED) is 0.547. The first-order valence-corrected chi connectivity index (χ1v) is 14.5. The maximum Gasteiger partial charge on any atom is 0.410 e. The van der Waals surface area contributed by atoms with Crippen LogP contribution < -0.4 is 0 Å². The van der Waals surface area contributed by atoms with Gasteiger partial charge in [-0.2, -0.15) is 4.21 Å². The minimum atomic E-state index is -3.93. The number of amides is 2. The summed E-state index contributed by atoms with van der Waals surface area (Å²) in [5.74, 6) is 0.153. The minimum Gasteiger partial charge on any atom is -0.445 e. The van der Waals surface area contributed by atoms with E-state index in [1.807, 2.05) is 0 Å². The summed E-state index contributed by atoms with van der Waals surface area (Å²) in [7, 11) is -2.42. The predicted molar refractivity (Wildman–Crippen MR) is 139 cm³/mol. The molecule has 0 unspecified atom stereocenters. The summed E-state index contributed by atoms with van der Waals surface area (Å²) in [5.41, 5.74) is 1.48. The van der Waals surface area contributed by atoms with Crippen molar-refractivity contribution >= 4 is 50.4 Å². The molecule has 1 N–H and O–H groups in total. The lowest BCUT2D eigenvalue weighted by atomic mass is 10.0. The van der Waals surface area contributed by atoms with Gasteiger partial charge in [0.25, 0.3) is 5.91 Å². The largest absolute Gasteiger partial charge is 0.445 e. The molecule has 2 aliphatic heterocycles. The van der Waals surface area contributed by atoms with Crippen molar-refractivity contribution in [1.29, 1.82) is 0 Å². The number of halogens is 2. The van der Waals surface area contributed by atoms with Gasteiger partial charge in [-0.3, -0.25) is 18.6 Å². The molecule has 1 aromatic carbocycles. The highest BCUT2D eigenvalue weighted by Gasteiger charge is 2.43. The number of likely N-dealkylation sites (tertiary alicyclic amines) is 2. The molecule has 0 saturated carbocycles. The monoisotopic (exact) mass is 546 g/mol. The van der Waals surface area contributed by atoms with Crippen molar-refractivity contribution < 1.29 is 23.1 Å². The molecule has 2 saturated heterocycles. The van der Waals surface area contributed by atoms with Crippen LogP contribution in [0.3, 0.4) is 0 Å². The van der Waals surface area contributed by atoms with Crippen LogP contribution in [-0.2, 0) is 25.7 Å². The summed E-state index contributed by atoms with van der Waals surface area (Å²) in [6.45, 7) is 5.46. The van der Waals surface area contributed by atoms with Gasteiger partial charge in [0.2, 0.25) is 0 Å². The number of carbonyl (C=O) groups excluding carboxylic acids is 2. The number of nitrogens with zero attached hydrogens (tertiary/aromatic N) is 4. The van der Waals surface area contributed by atoms with Crippen LogP contribution in [-0.4, -0.2) is 86.3 Å². The summed E-state index contributed by atoms with van der Waals surface area (Å²) < 4.78 is 29.1. The van der Waals surface area contributed by atoms with Crippen LogP contribution in [0.1, 0.15) is 19.4 Å². The van der Waals surface area contributed by atoms with E-state index in [0.29, 0.717) is 53.2 Å². The van der Waals surface area contributed by atoms with Crippen molar-refractivity contribution in [3.05, 3.63) is 45.7 Å². The van der Waals surface area contributed by atoms with E-state index in [9.17, 15) is 18.4 Å². The molecule has 12 heteroatoms. The van der Waals surface area contributed by atoms with Crippen molar-refractivity contribution in [1.82, 2.24) is 14.1 Å². The third-order valence-corrected chi connectivity index (χ3v) is 8.64. The van der Waals surface area contributed by atoms with Gasteiger partial charge in [0.15, 0.2) is 0 Å². The number of aliphatic imine (C=N–C) groups is 1. The van der Waals surface area contributed by atoms with Gasteiger partial charge in [-0.15, -0.1) is 9.53 Å². The average molecular weight is 548 g/mol. The number of hydrogen-bond donors (Lipinski definition) is 1. The van der Waals surface area contributed by atoms with E-state index < -0.39 is 15.6 Å².